The number of rotatable bonds is 4. The molecule has 0 saturated carbocycles. The minimum absolute atomic E-state index is 0.0632. The number of anilines is 1. The van der Waals surface area contributed by atoms with Crippen LogP contribution in [0.15, 0.2) is 12.1 Å². The highest BCUT2D eigenvalue weighted by atomic mass is 19.3. The SMILES string of the molecule is COc1nc(N2CCC(N3CCC(F)(F)CC3)C2=O)ccc1C1CNNC1. The first-order chi connectivity index (χ1) is 13.0. The van der Waals surface area contributed by atoms with Crippen molar-refractivity contribution in [3.8, 4) is 5.88 Å². The van der Waals surface area contributed by atoms with Gasteiger partial charge in [0.1, 0.15) is 5.82 Å². The standard InChI is InChI=1S/C18H25F2N5O2/c1-27-16-13(12-10-21-22-11-12)2-3-15(23-16)25-7-4-14(17(25)26)24-8-5-18(19,20)6-9-24/h2-3,12,14,21-22H,4-11H2,1H3. The van der Waals surface area contributed by atoms with E-state index in [4.69, 9.17) is 4.74 Å². The molecule has 1 amide bonds. The molecule has 9 heteroatoms. The number of halogens is 2. The molecule has 0 aromatic carbocycles. The molecular formula is C18H25F2N5O2. The summed E-state index contributed by atoms with van der Waals surface area (Å²) >= 11 is 0. The third-order valence-corrected chi connectivity index (χ3v) is 5.75. The first kappa shape index (κ1) is 18.5. The van der Waals surface area contributed by atoms with E-state index in [-0.39, 0.29) is 43.8 Å². The number of ether oxygens (including phenoxy) is 1. The zero-order chi connectivity index (χ0) is 19.0. The summed E-state index contributed by atoms with van der Waals surface area (Å²) in [5.74, 6) is -1.32. The quantitative estimate of drug-likeness (QED) is 0.815. The second-order valence-electron chi connectivity index (χ2n) is 7.41. The lowest BCUT2D eigenvalue weighted by Crippen LogP contribution is -2.48. The van der Waals surface area contributed by atoms with Crippen molar-refractivity contribution in [3.05, 3.63) is 17.7 Å². The minimum atomic E-state index is -2.60. The number of amides is 1. The smallest absolute Gasteiger partial charge is 0.250 e. The molecule has 27 heavy (non-hydrogen) atoms. The molecule has 7 nitrogen and oxygen atoms in total. The van der Waals surface area contributed by atoms with Gasteiger partial charge >= 0.3 is 0 Å². The summed E-state index contributed by atoms with van der Waals surface area (Å²) in [4.78, 5) is 21.0. The number of nitrogens with one attached hydrogen (secondary N) is 2. The van der Waals surface area contributed by atoms with Crippen LogP contribution >= 0.6 is 0 Å². The lowest BCUT2D eigenvalue weighted by Gasteiger charge is -2.34. The van der Waals surface area contributed by atoms with Crippen molar-refractivity contribution in [3.63, 3.8) is 0 Å². The Kier molecular flexibility index (Phi) is 5.00. The van der Waals surface area contributed by atoms with Gasteiger partial charge in [0.25, 0.3) is 5.92 Å². The largest absolute Gasteiger partial charge is 0.481 e. The molecule has 1 unspecified atom stereocenters. The molecule has 4 rings (SSSR count). The number of hydrogen-bond acceptors (Lipinski definition) is 6. The number of likely N-dealkylation sites (tertiary alicyclic amines) is 1. The van der Waals surface area contributed by atoms with Gasteiger partial charge in [0, 0.05) is 57.0 Å². The van der Waals surface area contributed by atoms with Crippen LogP contribution in [0.2, 0.25) is 0 Å². The van der Waals surface area contributed by atoms with Gasteiger partial charge in [-0.15, -0.1) is 0 Å². The van der Waals surface area contributed by atoms with Crippen molar-refractivity contribution in [2.24, 2.45) is 0 Å². The number of hydrogen-bond donors (Lipinski definition) is 2. The molecule has 4 heterocycles. The summed E-state index contributed by atoms with van der Waals surface area (Å²) in [7, 11) is 1.58. The van der Waals surface area contributed by atoms with Gasteiger partial charge in [-0.1, -0.05) is 0 Å². The van der Waals surface area contributed by atoms with E-state index in [1.54, 1.807) is 12.0 Å². The fourth-order valence-corrected chi connectivity index (χ4v) is 4.14. The maximum absolute atomic E-state index is 13.4. The van der Waals surface area contributed by atoms with Gasteiger partial charge in [-0.25, -0.2) is 8.78 Å². The summed E-state index contributed by atoms with van der Waals surface area (Å²) in [5.41, 5.74) is 7.18. The van der Waals surface area contributed by atoms with Gasteiger partial charge in [0.2, 0.25) is 11.8 Å². The van der Waals surface area contributed by atoms with Gasteiger partial charge < -0.3 is 4.74 Å². The number of alkyl halides is 2. The molecule has 0 spiro atoms. The van der Waals surface area contributed by atoms with Crippen LogP contribution in [0, 0.1) is 0 Å². The third kappa shape index (κ3) is 3.63. The van der Waals surface area contributed by atoms with E-state index < -0.39 is 5.92 Å². The lowest BCUT2D eigenvalue weighted by molar-refractivity contribution is -0.124. The predicted molar refractivity (Wildman–Crippen MR) is 96.0 cm³/mol. The van der Waals surface area contributed by atoms with E-state index in [9.17, 15) is 13.6 Å². The van der Waals surface area contributed by atoms with Crippen molar-refractivity contribution in [2.45, 2.75) is 37.1 Å². The highest BCUT2D eigenvalue weighted by molar-refractivity contribution is 5.98. The Morgan fingerprint density at radius 3 is 2.56 bits per heavy atom. The number of carbonyl (C=O) groups is 1. The third-order valence-electron chi connectivity index (χ3n) is 5.75. The van der Waals surface area contributed by atoms with E-state index in [2.05, 4.69) is 15.8 Å². The molecule has 0 radical (unpaired) electrons. The molecule has 1 aromatic rings. The monoisotopic (exact) mass is 381 g/mol. The van der Waals surface area contributed by atoms with Gasteiger partial charge in [-0.2, -0.15) is 4.98 Å². The van der Waals surface area contributed by atoms with Gasteiger partial charge in [0.05, 0.1) is 13.2 Å². The number of nitrogens with zero attached hydrogens (tertiary/aromatic N) is 3. The minimum Gasteiger partial charge on any atom is -0.481 e. The van der Waals surface area contributed by atoms with E-state index in [0.29, 0.717) is 24.7 Å². The van der Waals surface area contributed by atoms with Gasteiger partial charge in [-0.3, -0.25) is 25.4 Å². The number of piperidine rings is 1. The van der Waals surface area contributed by atoms with Gasteiger partial charge in [0.15, 0.2) is 0 Å². The molecule has 3 aliphatic rings. The fourth-order valence-electron chi connectivity index (χ4n) is 4.14. The summed E-state index contributed by atoms with van der Waals surface area (Å²) < 4.78 is 32.3. The Morgan fingerprint density at radius 1 is 1.19 bits per heavy atom. The molecule has 1 atom stereocenters. The second kappa shape index (κ2) is 7.29. The molecule has 3 aliphatic heterocycles. The van der Waals surface area contributed by atoms with Crippen molar-refractivity contribution >= 4 is 11.7 Å². The molecule has 0 bridgehead atoms. The Hall–Kier alpha value is -1.84. The number of carbonyl (C=O) groups excluding carboxylic acids is 1. The predicted octanol–water partition coefficient (Wildman–Crippen LogP) is 1.12. The van der Waals surface area contributed by atoms with Crippen LogP contribution in [0.4, 0.5) is 14.6 Å². The van der Waals surface area contributed by atoms with Crippen molar-refractivity contribution in [1.82, 2.24) is 20.7 Å². The molecule has 0 aliphatic carbocycles. The van der Waals surface area contributed by atoms with Crippen LogP contribution in [-0.4, -0.2) is 67.6 Å². The fraction of sp³-hybridized carbons (Fsp3) is 0.667. The lowest BCUT2D eigenvalue weighted by atomic mass is 10.0. The first-order valence-electron chi connectivity index (χ1n) is 9.42. The van der Waals surface area contributed by atoms with E-state index in [0.717, 1.165) is 18.7 Å². The maximum Gasteiger partial charge on any atom is 0.250 e. The van der Waals surface area contributed by atoms with E-state index in [1.807, 2.05) is 17.0 Å². The molecule has 3 saturated heterocycles. The van der Waals surface area contributed by atoms with E-state index in [1.165, 1.54) is 0 Å². The highest BCUT2D eigenvalue weighted by Gasteiger charge is 2.42. The maximum atomic E-state index is 13.4. The highest BCUT2D eigenvalue weighted by Crippen LogP contribution is 2.33. The topological polar surface area (TPSA) is 69.7 Å². The molecule has 2 N–H and O–H groups in total. The summed E-state index contributed by atoms with van der Waals surface area (Å²) in [5, 5.41) is 0. The van der Waals surface area contributed by atoms with Crippen molar-refractivity contribution < 1.29 is 18.3 Å². The Morgan fingerprint density at radius 2 is 1.89 bits per heavy atom. The van der Waals surface area contributed by atoms with Crippen LogP contribution in [0.5, 0.6) is 5.88 Å². The number of methoxy groups -OCH3 is 1. The Labute approximate surface area is 157 Å². The summed E-state index contributed by atoms with van der Waals surface area (Å²) in [6, 6.07) is 3.47. The Balaban J connectivity index is 1.48. The van der Waals surface area contributed by atoms with Crippen LogP contribution in [0.1, 0.15) is 30.7 Å². The number of aromatic nitrogens is 1. The number of hydrazine groups is 1. The average molecular weight is 381 g/mol. The normalized spacial score (nSPS) is 26.7. The van der Waals surface area contributed by atoms with Crippen LogP contribution in [-0.2, 0) is 4.79 Å². The Bertz CT molecular complexity index is 701. The second-order valence-corrected chi connectivity index (χ2v) is 7.41. The number of pyridine rings is 1. The van der Waals surface area contributed by atoms with E-state index >= 15 is 0 Å². The molecule has 1 aromatic heterocycles. The zero-order valence-electron chi connectivity index (χ0n) is 15.4. The molecule has 148 valence electrons. The van der Waals surface area contributed by atoms with Gasteiger partial charge in [-0.05, 0) is 18.6 Å². The van der Waals surface area contributed by atoms with Crippen molar-refractivity contribution in [2.75, 3.05) is 44.7 Å². The average Bonchev–Trinajstić information content (AvgIpc) is 3.31. The molecular weight excluding hydrogens is 356 g/mol. The van der Waals surface area contributed by atoms with Crippen molar-refractivity contribution in [1.29, 1.82) is 0 Å². The van der Waals surface area contributed by atoms with Crippen LogP contribution in [0.25, 0.3) is 0 Å². The molecule has 3 fully saturated rings. The summed E-state index contributed by atoms with van der Waals surface area (Å²) in [6.07, 6.45) is 0.272. The zero-order valence-corrected chi connectivity index (χ0v) is 15.4. The van der Waals surface area contributed by atoms with Crippen LogP contribution in [0.3, 0.4) is 0 Å². The first-order valence-corrected chi connectivity index (χ1v) is 9.42. The van der Waals surface area contributed by atoms with Crippen LogP contribution < -0.4 is 20.5 Å². The summed E-state index contributed by atoms with van der Waals surface area (Å²) in [6.45, 7) is 2.64.